The van der Waals surface area contributed by atoms with Gasteiger partial charge in [0, 0.05) is 24.6 Å². The van der Waals surface area contributed by atoms with Crippen LogP contribution in [0.4, 0.5) is 9.57 Å². The lowest BCUT2D eigenvalue weighted by Gasteiger charge is -2.17. The van der Waals surface area contributed by atoms with E-state index in [1.54, 1.807) is 18.2 Å². The van der Waals surface area contributed by atoms with Gasteiger partial charge >= 0.3 is 16.2 Å². The summed E-state index contributed by atoms with van der Waals surface area (Å²) in [7, 11) is -3.37. The minimum atomic E-state index is -4.62. The Kier molecular flexibility index (Phi) is 4.26. The number of anilines is 1. The third-order valence-electron chi connectivity index (χ3n) is 3.22. The van der Waals surface area contributed by atoms with Crippen LogP contribution in [0.15, 0.2) is 24.3 Å². The van der Waals surface area contributed by atoms with Gasteiger partial charge in [0.2, 0.25) is 5.91 Å². The molecule has 0 saturated carbocycles. The highest BCUT2D eigenvalue weighted by atomic mass is 32.3. The van der Waals surface area contributed by atoms with Crippen LogP contribution in [0.5, 0.6) is 0 Å². The highest BCUT2D eigenvalue weighted by Crippen LogP contribution is 2.27. The Morgan fingerprint density at radius 3 is 2.81 bits per heavy atom. The van der Waals surface area contributed by atoms with Crippen LogP contribution in [0.3, 0.4) is 0 Å². The third-order valence-corrected chi connectivity index (χ3v) is 4.09. The van der Waals surface area contributed by atoms with E-state index in [1.807, 2.05) is 0 Å². The quantitative estimate of drug-likeness (QED) is 0.614. The minimum Gasteiger partial charge on any atom is -0.465 e. The molecular weight excluding hydrogens is 301 g/mol. The van der Waals surface area contributed by atoms with E-state index in [0.29, 0.717) is 5.69 Å². The van der Waals surface area contributed by atoms with E-state index in [4.69, 9.17) is 0 Å². The predicted molar refractivity (Wildman–Crippen MR) is 73.1 cm³/mol. The first-order chi connectivity index (χ1) is 9.80. The largest absolute Gasteiger partial charge is 0.465 e. The van der Waals surface area contributed by atoms with Gasteiger partial charge in [-0.1, -0.05) is 6.07 Å². The number of halogens is 1. The minimum absolute atomic E-state index is 0.0361. The fourth-order valence-electron chi connectivity index (χ4n) is 2.34. The molecule has 1 aliphatic rings. The molecule has 1 aromatic carbocycles. The van der Waals surface area contributed by atoms with E-state index in [2.05, 4.69) is 4.74 Å². The molecule has 1 aliphatic heterocycles. The summed E-state index contributed by atoms with van der Waals surface area (Å²) < 4.78 is 38.6. The normalized spacial score (nSPS) is 18.9. The lowest BCUT2D eigenvalue weighted by molar-refractivity contribution is -0.117. The number of hydrogen-bond donors (Lipinski definition) is 0. The van der Waals surface area contributed by atoms with E-state index in [1.165, 1.54) is 18.1 Å². The molecule has 0 aromatic heterocycles. The maximum Gasteiger partial charge on any atom is 0.337 e. The monoisotopic (exact) mass is 315 g/mol. The number of benzene rings is 1. The number of nitrogens with zero attached hydrogens (tertiary/aromatic N) is 1. The van der Waals surface area contributed by atoms with E-state index in [9.17, 15) is 21.9 Å². The summed E-state index contributed by atoms with van der Waals surface area (Å²) in [5.41, 5.74) is 0.742. The fraction of sp³-hybridized carbons (Fsp3) is 0.385. The standard InChI is InChI=1S/C13H14FNO5S/c1-20-13(17)10-3-2-4-11(6-10)15-7-9(5-12(15)16)8-21(14,18)19/h2-4,6,9H,5,7-8H2,1H3. The zero-order valence-corrected chi connectivity index (χ0v) is 12.1. The molecule has 0 bridgehead atoms. The molecule has 0 radical (unpaired) electrons. The van der Waals surface area contributed by atoms with Crippen molar-refractivity contribution in [3.63, 3.8) is 0 Å². The molecule has 1 heterocycles. The van der Waals surface area contributed by atoms with Crippen LogP contribution in [-0.4, -0.2) is 39.7 Å². The maximum atomic E-state index is 12.7. The second-order valence-corrected chi connectivity index (χ2v) is 6.23. The summed E-state index contributed by atoms with van der Waals surface area (Å²) in [6, 6.07) is 6.24. The van der Waals surface area contributed by atoms with Crippen LogP contribution in [-0.2, 0) is 19.8 Å². The molecule has 6 nitrogen and oxygen atoms in total. The number of carbonyl (C=O) groups is 2. The van der Waals surface area contributed by atoms with Gasteiger partial charge in [-0.2, -0.15) is 8.42 Å². The van der Waals surface area contributed by atoms with Crippen molar-refractivity contribution in [2.45, 2.75) is 6.42 Å². The molecule has 2 rings (SSSR count). The molecule has 0 N–H and O–H groups in total. The van der Waals surface area contributed by atoms with Gasteiger partial charge in [0.1, 0.15) is 0 Å². The zero-order chi connectivity index (χ0) is 15.6. The Labute approximate surface area is 121 Å². The third kappa shape index (κ3) is 3.78. The second kappa shape index (κ2) is 5.80. The van der Waals surface area contributed by atoms with Crippen molar-refractivity contribution < 1.29 is 26.6 Å². The molecule has 0 aliphatic carbocycles. The van der Waals surface area contributed by atoms with E-state index in [-0.39, 0.29) is 24.4 Å². The number of amides is 1. The van der Waals surface area contributed by atoms with Crippen LogP contribution in [0, 0.1) is 5.92 Å². The lowest BCUT2D eigenvalue weighted by atomic mass is 10.1. The van der Waals surface area contributed by atoms with Gasteiger partial charge in [0.25, 0.3) is 0 Å². The molecule has 21 heavy (non-hydrogen) atoms. The molecule has 8 heteroatoms. The van der Waals surface area contributed by atoms with E-state index >= 15 is 0 Å². The van der Waals surface area contributed by atoms with E-state index < -0.39 is 27.9 Å². The van der Waals surface area contributed by atoms with Gasteiger partial charge in [-0.25, -0.2) is 4.79 Å². The van der Waals surface area contributed by atoms with Crippen LogP contribution >= 0.6 is 0 Å². The van der Waals surface area contributed by atoms with Crippen LogP contribution in [0.1, 0.15) is 16.8 Å². The van der Waals surface area contributed by atoms with Crippen molar-refractivity contribution in [3.8, 4) is 0 Å². The molecule has 1 fully saturated rings. The van der Waals surface area contributed by atoms with Crippen molar-refractivity contribution in [2.75, 3.05) is 24.3 Å². The van der Waals surface area contributed by atoms with Crippen molar-refractivity contribution in [2.24, 2.45) is 5.92 Å². The average Bonchev–Trinajstić information content (AvgIpc) is 2.76. The number of methoxy groups -OCH3 is 1. The molecular formula is C13H14FNO5S. The number of carbonyl (C=O) groups excluding carboxylic acids is 2. The zero-order valence-electron chi connectivity index (χ0n) is 11.3. The van der Waals surface area contributed by atoms with Gasteiger partial charge in [0.05, 0.1) is 18.4 Å². The Morgan fingerprint density at radius 2 is 2.19 bits per heavy atom. The van der Waals surface area contributed by atoms with Gasteiger partial charge in [-0.3, -0.25) is 4.79 Å². The molecule has 1 aromatic rings. The SMILES string of the molecule is COC(=O)c1cccc(N2CC(CS(=O)(=O)F)CC2=O)c1. The molecule has 1 saturated heterocycles. The molecule has 1 amide bonds. The van der Waals surface area contributed by atoms with Crippen LogP contribution in [0.2, 0.25) is 0 Å². The van der Waals surface area contributed by atoms with Gasteiger partial charge in [-0.15, -0.1) is 3.89 Å². The molecule has 0 spiro atoms. The first-order valence-electron chi connectivity index (χ1n) is 6.21. The average molecular weight is 315 g/mol. The first-order valence-corrected chi connectivity index (χ1v) is 7.76. The van der Waals surface area contributed by atoms with Crippen molar-refractivity contribution >= 4 is 27.8 Å². The topological polar surface area (TPSA) is 80.8 Å². The summed E-state index contributed by atoms with van der Waals surface area (Å²) in [4.78, 5) is 24.7. The van der Waals surface area contributed by atoms with Crippen LogP contribution < -0.4 is 4.90 Å². The Bertz CT molecular complexity index is 673. The molecule has 114 valence electrons. The molecule has 1 atom stereocenters. The highest BCUT2D eigenvalue weighted by Gasteiger charge is 2.33. The van der Waals surface area contributed by atoms with Crippen molar-refractivity contribution in [1.29, 1.82) is 0 Å². The van der Waals surface area contributed by atoms with Crippen molar-refractivity contribution in [3.05, 3.63) is 29.8 Å². The molecule has 1 unspecified atom stereocenters. The number of ether oxygens (including phenoxy) is 1. The Morgan fingerprint density at radius 1 is 1.48 bits per heavy atom. The highest BCUT2D eigenvalue weighted by molar-refractivity contribution is 7.86. The first kappa shape index (κ1) is 15.4. The van der Waals surface area contributed by atoms with Gasteiger partial charge in [-0.05, 0) is 18.2 Å². The number of esters is 1. The summed E-state index contributed by atoms with van der Waals surface area (Å²) >= 11 is 0. The smallest absolute Gasteiger partial charge is 0.337 e. The second-order valence-electron chi connectivity index (χ2n) is 4.82. The fourth-order valence-corrected chi connectivity index (χ4v) is 3.13. The van der Waals surface area contributed by atoms with Crippen molar-refractivity contribution in [1.82, 2.24) is 0 Å². The Hall–Kier alpha value is -1.96. The number of rotatable bonds is 4. The Balaban J connectivity index is 2.19. The lowest BCUT2D eigenvalue weighted by Crippen LogP contribution is -2.25. The summed E-state index contributed by atoms with van der Waals surface area (Å²) in [5, 5.41) is 0. The predicted octanol–water partition coefficient (Wildman–Crippen LogP) is 1.13. The number of hydrogen-bond acceptors (Lipinski definition) is 5. The summed E-state index contributed by atoms with van der Waals surface area (Å²) in [5.74, 6) is -2.10. The van der Waals surface area contributed by atoms with Crippen LogP contribution in [0.25, 0.3) is 0 Å². The maximum absolute atomic E-state index is 12.7. The summed E-state index contributed by atoms with van der Waals surface area (Å²) in [6.07, 6.45) is -0.0361. The van der Waals surface area contributed by atoms with Gasteiger partial charge in [0.15, 0.2) is 0 Å². The van der Waals surface area contributed by atoms with Gasteiger partial charge < -0.3 is 9.64 Å². The van der Waals surface area contributed by atoms with E-state index in [0.717, 1.165) is 0 Å². The summed E-state index contributed by atoms with van der Waals surface area (Å²) in [6.45, 7) is 0.104.